The molecular weight excluding hydrogens is 252 g/mol. The van der Waals surface area contributed by atoms with E-state index >= 15 is 0 Å². The molecule has 2 rings (SSSR count). The van der Waals surface area contributed by atoms with Gasteiger partial charge in [0.15, 0.2) is 0 Å². The maximum absolute atomic E-state index is 11.7. The van der Waals surface area contributed by atoms with Gasteiger partial charge in [0.2, 0.25) is 9.47 Å². The van der Waals surface area contributed by atoms with Crippen LogP contribution in [0.1, 0.15) is 5.56 Å². The number of aromatic amines is 1. The van der Waals surface area contributed by atoms with E-state index in [0.29, 0.717) is 0 Å². The SMILES string of the molecule is Nc1nnc(S(=O)(=O)NCc2cn[nH]c2)s1. The van der Waals surface area contributed by atoms with Crippen LogP contribution in [0.25, 0.3) is 0 Å². The number of rotatable bonds is 4. The summed E-state index contributed by atoms with van der Waals surface area (Å²) in [6.45, 7) is 0.137. The van der Waals surface area contributed by atoms with Crippen LogP contribution in [0.2, 0.25) is 0 Å². The molecule has 0 spiro atoms. The molecule has 2 aromatic rings. The second-order valence-corrected chi connectivity index (χ2v) is 5.79. The van der Waals surface area contributed by atoms with Crippen molar-refractivity contribution in [3.05, 3.63) is 18.0 Å². The second-order valence-electron chi connectivity index (χ2n) is 2.84. The van der Waals surface area contributed by atoms with Crippen LogP contribution in [0, 0.1) is 0 Å². The van der Waals surface area contributed by atoms with Gasteiger partial charge in [0.25, 0.3) is 10.0 Å². The fraction of sp³-hybridized carbons (Fsp3) is 0.167. The molecule has 10 heteroatoms. The summed E-state index contributed by atoms with van der Waals surface area (Å²) in [5.74, 6) is 0. The zero-order chi connectivity index (χ0) is 11.6. The third-order valence-corrected chi connectivity index (χ3v) is 4.19. The predicted molar refractivity (Wildman–Crippen MR) is 56.9 cm³/mol. The molecule has 0 aliphatic rings. The van der Waals surface area contributed by atoms with Crippen molar-refractivity contribution in [2.45, 2.75) is 10.9 Å². The molecule has 86 valence electrons. The summed E-state index contributed by atoms with van der Waals surface area (Å²) in [6, 6.07) is 0. The topological polar surface area (TPSA) is 127 Å². The summed E-state index contributed by atoms with van der Waals surface area (Å²) in [5, 5.41) is 13.3. The number of nitrogen functional groups attached to an aromatic ring is 1. The summed E-state index contributed by atoms with van der Waals surface area (Å²) >= 11 is 0.814. The Balaban J connectivity index is 2.09. The van der Waals surface area contributed by atoms with Gasteiger partial charge in [-0.3, -0.25) is 5.10 Å². The lowest BCUT2D eigenvalue weighted by Crippen LogP contribution is -2.22. The van der Waals surface area contributed by atoms with Crippen molar-refractivity contribution in [2.75, 3.05) is 5.73 Å². The maximum Gasteiger partial charge on any atom is 0.270 e. The van der Waals surface area contributed by atoms with Crippen LogP contribution < -0.4 is 10.5 Å². The van der Waals surface area contributed by atoms with Crippen molar-refractivity contribution in [3.8, 4) is 0 Å². The fourth-order valence-electron chi connectivity index (χ4n) is 0.943. The molecule has 0 aromatic carbocycles. The molecule has 0 radical (unpaired) electrons. The van der Waals surface area contributed by atoms with Gasteiger partial charge in [0.1, 0.15) is 0 Å². The first-order chi connectivity index (χ1) is 7.58. The van der Waals surface area contributed by atoms with E-state index in [1.54, 1.807) is 6.20 Å². The lowest BCUT2D eigenvalue weighted by Gasteiger charge is -2.00. The highest BCUT2D eigenvalue weighted by Gasteiger charge is 2.19. The van der Waals surface area contributed by atoms with Crippen molar-refractivity contribution in [3.63, 3.8) is 0 Å². The number of sulfonamides is 1. The van der Waals surface area contributed by atoms with Crippen LogP contribution in [-0.2, 0) is 16.6 Å². The molecule has 0 saturated carbocycles. The number of nitrogens with one attached hydrogen (secondary N) is 2. The average molecular weight is 260 g/mol. The van der Waals surface area contributed by atoms with Gasteiger partial charge in [-0.15, -0.1) is 10.2 Å². The number of H-pyrrole nitrogens is 1. The van der Waals surface area contributed by atoms with Gasteiger partial charge >= 0.3 is 0 Å². The van der Waals surface area contributed by atoms with Crippen LogP contribution in [0.15, 0.2) is 16.7 Å². The molecule has 2 heterocycles. The normalized spacial score (nSPS) is 11.8. The van der Waals surface area contributed by atoms with Gasteiger partial charge in [-0.1, -0.05) is 11.3 Å². The molecule has 16 heavy (non-hydrogen) atoms. The van der Waals surface area contributed by atoms with E-state index in [4.69, 9.17) is 5.73 Å². The Morgan fingerprint density at radius 1 is 1.50 bits per heavy atom. The van der Waals surface area contributed by atoms with Gasteiger partial charge in [-0.2, -0.15) is 5.10 Å². The molecule has 0 aliphatic carbocycles. The Labute approximate surface area is 94.9 Å². The monoisotopic (exact) mass is 260 g/mol. The number of hydrogen-bond acceptors (Lipinski definition) is 7. The Bertz CT molecular complexity index is 560. The number of anilines is 1. The Hall–Kier alpha value is -1.52. The molecule has 0 saturated heterocycles. The smallest absolute Gasteiger partial charge is 0.270 e. The van der Waals surface area contributed by atoms with Gasteiger partial charge < -0.3 is 5.73 Å². The first-order valence-corrected chi connectivity index (χ1v) is 6.44. The Kier molecular flexibility index (Phi) is 2.85. The molecular formula is C6H8N6O2S2. The molecule has 0 unspecified atom stereocenters. The van der Waals surface area contributed by atoms with Crippen molar-refractivity contribution in [1.29, 1.82) is 0 Å². The van der Waals surface area contributed by atoms with Gasteiger partial charge in [0.05, 0.1) is 6.20 Å². The maximum atomic E-state index is 11.7. The van der Waals surface area contributed by atoms with E-state index in [0.717, 1.165) is 16.9 Å². The zero-order valence-electron chi connectivity index (χ0n) is 7.91. The highest BCUT2D eigenvalue weighted by Crippen LogP contribution is 2.16. The van der Waals surface area contributed by atoms with Gasteiger partial charge in [-0.05, 0) is 0 Å². The van der Waals surface area contributed by atoms with Crippen molar-refractivity contribution >= 4 is 26.5 Å². The highest BCUT2D eigenvalue weighted by atomic mass is 32.2. The minimum Gasteiger partial charge on any atom is -0.374 e. The fourth-order valence-corrected chi connectivity index (χ4v) is 2.79. The van der Waals surface area contributed by atoms with Crippen LogP contribution in [0.3, 0.4) is 0 Å². The molecule has 0 bridgehead atoms. The van der Waals surface area contributed by atoms with E-state index < -0.39 is 10.0 Å². The average Bonchev–Trinajstić information content (AvgIpc) is 2.85. The molecule has 0 amide bonds. The summed E-state index contributed by atoms with van der Waals surface area (Å²) in [7, 11) is -3.64. The lowest BCUT2D eigenvalue weighted by atomic mass is 10.4. The number of nitrogens with two attached hydrogens (primary N) is 1. The summed E-state index contributed by atoms with van der Waals surface area (Å²) in [6.07, 6.45) is 3.12. The number of nitrogens with zero attached hydrogens (tertiary/aromatic N) is 3. The Morgan fingerprint density at radius 2 is 2.31 bits per heavy atom. The number of hydrogen-bond donors (Lipinski definition) is 3. The van der Waals surface area contributed by atoms with Gasteiger partial charge in [-0.25, -0.2) is 13.1 Å². The van der Waals surface area contributed by atoms with Crippen LogP contribution in [-0.4, -0.2) is 28.8 Å². The van der Waals surface area contributed by atoms with Crippen LogP contribution in [0.4, 0.5) is 5.13 Å². The highest BCUT2D eigenvalue weighted by molar-refractivity contribution is 7.91. The molecule has 0 fully saturated rings. The molecule has 0 aliphatic heterocycles. The van der Waals surface area contributed by atoms with E-state index in [1.165, 1.54) is 6.20 Å². The molecule has 2 aromatic heterocycles. The van der Waals surface area contributed by atoms with Gasteiger partial charge in [0, 0.05) is 18.3 Å². The summed E-state index contributed by atoms with van der Waals surface area (Å²) in [5.41, 5.74) is 6.03. The standard InChI is InChI=1S/C6H8N6O2S2/c7-5-11-12-6(15-5)16(13,14)10-3-4-1-8-9-2-4/h1-2,10H,3H2,(H2,7,11)(H,8,9). The van der Waals surface area contributed by atoms with E-state index in [2.05, 4.69) is 25.1 Å². The van der Waals surface area contributed by atoms with E-state index in [1.807, 2.05) is 0 Å². The number of aromatic nitrogens is 4. The van der Waals surface area contributed by atoms with Crippen LogP contribution >= 0.6 is 11.3 Å². The Morgan fingerprint density at radius 3 is 2.88 bits per heavy atom. The summed E-state index contributed by atoms with van der Waals surface area (Å²) in [4.78, 5) is 0. The largest absolute Gasteiger partial charge is 0.374 e. The van der Waals surface area contributed by atoms with E-state index in [-0.39, 0.29) is 16.0 Å². The van der Waals surface area contributed by atoms with E-state index in [9.17, 15) is 8.42 Å². The molecule has 0 atom stereocenters. The minimum atomic E-state index is -3.64. The second kappa shape index (κ2) is 4.15. The molecule has 8 nitrogen and oxygen atoms in total. The minimum absolute atomic E-state index is 0.115. The quantitative estimate of drug-likeness (QED) is 0.668. The summed E-state index contributed by atoms with van der Waals surface area (Å²) < 4.78 is 25.5. The third-order valence-electron chi connectivity index (χ3n) is 1.67. The third kappa shape index (κ3) is 2.35. The molecule has 4 N–H and O–H groups in total. The first-order valence-electron chi connectivity index (χ1n) is 4.14. The van der Waals surface area contributed by atoms with Crippen molar-refractivity contribution in [2.24, 2.45) is 0 Å². The van der Waals surface area contributed by atoms with Crippen molar-refractivity contribution < 1.29 is 8.42 Å². The lowest BCUT2D eigenvalue weighted by molar-refractivity contribution is 0.579. The zero-order valence-corrected chi connectivity index (χ0v) is 9.55. The van der Waals surface area contributed by atoms with Crippen molar-refractivity contribution in [1.82, 2.24) is 25.1 Å². The predicted octanol–water partition coefficient (Wildman–Crippen LogP) is -0.678. The van der Waals surface area contributed by atoms with Crippen LogP contribution in [0.5, 0.6) is 0 Å². The first kappa shape index (κ1) is 11.0.